The Hall–Kier alpha value is -3.06. The van der Waals surface area contributed by atoms with Crippen LogP contribution in [0.1, 0.15) is 36.0 Å². The first kappa shape index (κ1) is 22.1. The Morgan fingerprint density at radius 3 is 2.38 bits per heavy atom. The van der Waals surface area contributed by atoms with Gasteiger partial charge in [-0.25, -0.2) is 0 Å². The van der Waals surface area contributed by atoms with Gasteiger partial charge in [-0.15, -0.1) is 5.10 Å². The average molecular weight is 436 g/mol. The zero-order valence-corrected chi connectivity index (χ0v) is 19.0. The molecule has 0 saturated carbocycles. The monoisotopic (exact) mass is 435 g/mol. The van der Waals surface area contributed by atoms with Crippen molar-refractivity contribution in [2.24, 2.45) is 33.5 Å². The van der Waals surface area contributed by atoms with Gasteiger partial charge in [0.15, 0.2) is 11.5 Å². The Morgan fingerprint density at radius 2 is 1.72 bits per heavy atom. The number of rotatable bonds is 7. The number of guanidine groups is 1. The van der Waals surface area contributed by atoms with E-state index in [4.69, 9.17) is 20.9 Å². The lowest BCUT2D eigenvalue weighted by molar-refractivity contribution is 0.167. The van der Waals surface area contributed by atoms with Crippen LogP contribution in [0.2, 0.25) is 0 Å². The Kier molecular flexibility index (Phi) is 6.95. The summed E-state index contributed by atoms with van der Waals surface area (Å²) >= 11 is 0. The zero-order chi connectivity index (χ0) is 22.5. The molecule has 0 aromatic heterocycles. The molecule has 7 heteroatoms. The van der Waals surface area contributed by atoms with Crippen LogP contribution in [0.15, 0.2) is 52.7 Å². The SMILES string of the molecule is COc1cc2c(cc1OC)/C(=N/N=C(N)N)C(CC1CCN(Cc3ccccc3)CC1)C2. The highest BCUT2D eigenvalue weighted by Gasteiger charge is 2.33. The molecular weight excluding hydrogens is 402 g/mol. The highest BCUT2D eigenvalue weighted by molar-refractivity contribution is 6.07. The lowest BCUT2D eigenvalue weighted by atomic mass is 9.85. The van der Waals surface area contributed by atoms with Gasteiger partial charge in [-0.3, -0.25) is 4.90 Å². The van der Waals surface area contributed by atoms with Gasteiger partial charge in [-0.2, -0.15) is 5.10 Å². The summed E-state index contributed by atoms with van der Waals surface area (Å²) in [7, 11) is 3.31. The standard InChI is InChI=1S/C25H33N5O2/c1-31-22-14-19-13-20(24(28-29-25(26)27)21(19)15-23(22)32-2)12-17-8-10-30(11-9-17)16-18-6-4-3-5-7-18/h3-7,14-15,17,20H,8-13,16H2,1-2H3,(H4,26,27,29)/b28-24+. The van der Waals surface area contributed by atoms with Crippen molar-refractivity contribution in [1.29, 1.82) is 0 Å². The number of nitrogens with two attached hydrogens (primary N) is 2. The van der Waals surface area contributed by atoms with Crippen molar-refractivity contribution in [3.05, 3.63) is 59.2 Å². The molecule has 2 aliphatic rings. The molecule has 32 heavy (non-hydrogen) atoms. The number of methoxy groups -OCH3 is 2. The number of fused-ring (bicyclic) bond motifs is 1. The lowest BCUT2D eigenvalue weighted by Gasteiger charge is -2.33. The third-order valence-corrected chi connectivity index (χ3v) is 6.59. The Balaban J connectivity index is 1.45. The van der Waals surface area contributed by atoms with Gasteiger partial charge in [0, 0.05) is 18.0 Å². The first-order valence-electron chi connectivity index (χ1n) is 11.3. The summed E-state index contributed by atoms with van der Waals surface area (Å²) in [6.45, 7) is 3.28. The second kappa shape index (κ2) is 10.0. The number of likely N-dealkylation sites (tertiary alicyclic amines) is 1. The maximum absolute atomic E-state index is 5.57. The van der Waals surface area contributed by atoms with Crippen molar-refractivity contribution < 1.29 is 9.47 Å². The summed E-state index contributed by atoms with van der Waals surface area (Å²) in [6.07, 6.45) is 4.39. The van der Waals surface area contributed by atoms with Crippen molar-refractivity contribution in [3.63, 3.8) is 0 Å². The van der Waals surface area contributed by atoms with E-state index >= 15 is 0 Å². The van der Waals surface area contributed by atoms with E-state index in [0.717, 1.165) is 49.5 Å². The number of ether oxygens (including phenoxy) is 2. The van der Waals surface area contributed by atoms with Crippen molar-refractivity contribution in [2.75, 3.05) is 27.3 Å². The van der Waals surface area contributed by atoms with Gasteiger partial charge in [0.25, 0.3) is 0 Å². The lowest BCUT2D eigenvalue weighted by Crippen LogP contribution is -2.34. The van der Waals surface area contributed by atoms with Crippen LogP contribution < -0.4 is 20.9 Å². The van der Waals surface area contributed by atoms with Crippen molar-refractivity contribution in [3.8, 4) is 11.5 Å². The number of benzene rings is 2. The van der Waals surface area contributed by atoms with E-state index < -0.39 is 0 Å². The first-order chi connectivity index (χ1) is 15.6. The molecule has 2 aromatic carbocycles. The highest BCUT2D eigenvalue weighted by atomic mass is 16.5. The van der Waals surface area contributed by atoms with Gasteiger partial charge >= 0.3 is 0 Å². The van der Waals surface area contributed by atoms with E-state index in [1.54, 1.807) is 14.2 Å². The van der Waals surface area contributed by atoms with Gasteiger partial charge in [0.2, 0.25) is 5.96 Å². The summed E-state index contributed by atoms with van der Waals surface area (Å²) in [5.74, 6) is 2.35. The van der Waals surface area contributed by atoms with Gasteiger partial charge in [-0.05, 0) is 68.0 Å². The van der Waals surface area contributed by atoms with Crippen LogP contribution in [-0.2, 0) is 13.0 Å². The summed E-state index contributed by atoms with van der Waals surface area (Å²) in [4.78, 5) is 2.55. The molecule has 0 bridgehead atoms. The van der Waals surface area contributed by atoms with Crippen LogP contribution in [0.4, 0.5) is 0 Å². The quantitative estimate of drug-likeness (QED) is 0.395. The van der Waals surface area contributed by atoms with E-state index in [1.807, 2.05) is 6.07 Å². The Labute approximate surface area is 190 Å². The summed E-state index contributed by atoms with van der Waals surface area (Å²) in [5, 5.41) is 8.45. The molecule has 1 unspecified atom stereocenters. The summed E-state index contributed by atoms with van der Waals surface area (Å²) < 4.78 is 11.0. The molecule has 7 nitrogen and oxygen atoms in total. The van der Waals surface area contributed by atoms with Crippen LogP contribution in [0, 0.1) is 11.8 Å². The largest absolute Gasteiger partial charge is 0.493 e. The van der Waals surface area contributed by atoms with Gasteiger partial charge < -0.3 is 20.9 Å². The summed E-state index contributed by atoms with van der Waals surface area (Å²) in [6, 6.07) is 14.8. The minimum absolute atomic E-state index is 0.0283. The second-order valence-corrected chi connectivity index (χ2v) is 8.72. The Morgan fingerprint density at radius 1 is 1.03 bits per heavy atom. The highest BCUT2D eigenvalue weighted by Crippen LogP contribution is 2.40. The van der Waals surface area contributed by atoms with Gasteiger partial charge in [0.05, 0.1) is 19.9 Å². The minimum atomic E-state index is -0.0283. The average Bonchev–Trinajstić information content (AvgIpc) is 3.14. The number of hydrogen-bond donors (Lipinski definition) is 2. The minimum Gasteiger partial charge on any atom is -0.493 e. The number of piperidine rings is 1. The first-order valence-corrected chi connectivity index (χ1v) is 11.3. The molecule has 1 atom stereocenters. The van der Waals surface area contributed by atoms with E-state index in [2.05, 4.69) is 51.5 Å². The number of nitrogens with zero attached hydrogens (tertiary/aromatic N) is 3. The fourth-order valence-electron chi connectivity index (χ4n) is 4.98. The molecule has 4 rings (SSSR count). The second-order valence-electron chi connectivity index (χ2n) is 8.72. The summed E-state index contributed by atoms with van der Waals surface area (Å²) in [5.41, 5.74) is 15.7. The molecule has 0 amide bonds. The Bertz CT molecular complexity index is 977. The number of hydrogen-bond acceptors (Lipinski definition) is 5. The van der Waals surface area contributed by atoms with Crippen molar-refractivity contribution in [2.45, 2.75) is 32.2 Å². The molecule has 4 N–H and O–H groups in total. The molecule has 2 aromatic rings. The van der Waals surface area contributed by atoms with Gasteiger partial charge in [0.1, 0.15) is 0 Å². The fourth-order valence-corrected chi connectivity index (χ4v) is 4.98. The van der Waals surface area contributed by atoms with Crippen LogP contribution in [-0.4, -0.2) is 43.9 Å². The topological polar surface area (TPSA) is 98.5 Å². The normalized spacial score (nSPS) is 20.2. The smallest absolute Gasteiger partial charge is 0.211 e. The fraction of sp³-hybridized carbons (Fsp3) is 0.440. The molecule has 0 radical (unpaired) electrons. The van der Waals surface area contributed by atoms with E-state index in [9.17, 15) is 0 Å². The molecule has 1 saturated heterocycles. The van der Waals surface area contributed by atoms with E-state index in [0.29, 0.717) is 11.7 Å². The molecule has 170 valence electrons. The predicted molar refractivity (Wildman–Crippen MR) is 128 cm³/mol. The molecular formula is C25H33N5O2. The maximum atomic E-state index is 5.57. The van der Waals surface area contributed by atoms with E-state index in [1.165, 1.54) is 24.0 Å². The van der Waals surface area contributed by atoms with Crippen LogP contribution in [0.25, 0.3) is 0 Å². The molecule has 0 spiro atoms. The maximum Gasteiger partial charge on any atom is 0.211 e. The third kappa shape index (κ3) is 5.05. The molecule has 1 heterocycles. The molecule has 1 aliphatic carbocycles. The molecule has 1 fully saturated rings. The predicted octanol–water partition coefficient (Wildman–Crippen LogP) is 3.16. The van der Waals surface area contributed by atoms with Crippen molar-refractivity contribution in [1.82, 2.24) is 4.90 Å². The van der Waals surface area contributed by atoms with Gasteiger partial charge in [-0.1, -0.05) is 30.3 Å². The zero-order valence-electron chi connectivity index (χ0n) is 19.0. The van der Waals surface area contributed by atoms with Crippen LogP contribution >= 0.6 is 0 Å². The van der Waals surface area contributed by atoms with Crippen LogP contribution in [0.5, 0.6) is 11.5 Å². The third-order valence-electron chi connectivity index (χ3n) is 6.59. The van der Waals surface area contributed by atoms with E-state index in [-0.39, 0.29) is 11.9 Å². The van der Waals surface area contributed by atoms with Crippen molar-refractivity contribution >= 4 is 11.7 Å². The van der Waals surface area contributed by atoms with Crippen LogP contribution in [0.3, 0.4) is 0 Å². The molecule has 1 aliphatic heterocycles.